The molecule has 0 aliphatic heterocycles. The molecule has 9 N–H and O–H groups in total. The Balaban J connectivity index is 0.000000167. The van der Waals surface area contributed by atoms with Gasteiger partial charge in [-0.3, -0.25) is 19.9 Å². The molecule has 0 fully saturated rings. The Hall–Kier alpha value is -4.59. The van der Waals surface area contributed by atoms with Crippen LogP contribution >= 0.6 is 80.6 Å². The molecule has 8 rings (SSSR count). The minimum absolute atomic E-state index is 0.00694. The second-order valence-corrected chi connectivity index (χ2v) is 15.4. The standard InChI is InChI=1S/C11H9Cl2N3.C11H8ClN3.C6H7IN2.C6H8N2.C5H4BCl2NO2/c1-6-4-9(14)8(5-15-6)7-2-3-10(12)16-11(7)13;1-6-4-9-8(5-13-6)7-2-3-10(12)15-11(7)14-9;1-4-2-6(8)5(7)3-9-4;1-5-4-6(7)2-3-8-5;7-4-2-1-3(6(10)11)5(8)9-4/h2-5H,1H3,(H2,14,15);2-5H,1H3,(H,14,15);2-3H,1H3,(H2,8,9);2-4H,1H3,(H2,7,8);1-2,10-11H. The van der Waals surface area contributed by atoms with Gasteiger partial charge in [0.15, 0.2) is 0 Å². The maximum Gasteiger partial charge on any atom is 0.491 e. The molecule has 0 aromatic carbocycles. The second-order valence-electron chi connectivity index (χ2n) is 12.4. The predicted octanol–water partition coefficient (Wildman–Crippen LogP) is 9.03. The minimum atomic E-state index is -1.60. The number of rotatable bonds is 2. The van der Waals surface area contributed by atoms with Crippen LogP contribution in [0.1, 0.15) is 22.8 Å². The van der Waals surface area contributed by atoms with Crippen molar-refractivity contribution >= 4 is 132 Å². The van der Waals surface area contributed by atoms with Crippen molar-refractivity contribution in [2.75, 3.05) is 17.2 Å². The molecule has 13 nitrogen and oxygen atoms in total. The number of H-pyrrole nitrogens is 1. The van der Waals surface area contributed by atoms with Gasteiger partial charge in [0, 0.05) is 92.0 Å². The lowest BCUT2D eigenvalue weighted by Gasteiger charge is -2.07. The third-order valence-electron chi connectivity index (χ3n) is 7.69. The number of aromatic nitrogens is 8. The van der Waals surface area contributed by atoms with E-state index in [1.54, 1.807) is 48.9 Å². The van der Waals surface area contributed by atoms with E-state index in [0.29, 0.717) is 21.1 Å². The SMILES string of the molecule is Cc1cc(N)c(-c2ccc(Cl)nc2Cl)cn1.Cc1cc(N)c(I)cn1.Cc1cc(N)ccn1.Cc1cc2[nH]c3nc(Cl)ccc3c2cn1.OB(O)c1ccc(Cl)nc1Cl. The van der Waals surface area contributed by atoms with Gasteiger partial charge in [0.05, 0.1) is 9.09 Å². The summed E-state index contributed by atoms with van der Waals surface area (Å²) in [6, 6.07) is 19.3. The molecule has 8 aromatic rings. The van der Waals surface area contributed by atoms with Gasteiger partial charge in [-0.25, -0.2) is 15.0 Å². The van der Waals surface area contributed by atoms with Crippen LogP contribution in [0.2, 0.25) is 25.8 Å². The number of nitrogens with zero attached hydrogens (tertiary/aromatic N) is 7. The monoisotopic (exact) mass is 1000 g/mol. The number of nitrogens with two attached hydrogens (primary N) is 3. The number of aromatic amines is 1. The molecule has 0 radical (unpaired) electrons. The van der Waals surface area contributed by atoms with E-state index in [4.69, 9.17) is 85.3 Å². The molecule has 0 saturated carbocycles. The van der Waals surface area contributed by atoms with Crippen molar-refractivity contribution in [1.29, 1.82) is 0 Å². The first kappa shape index (κ1) is 47.1. The third-order valence-corrected chi connectivity index (χ3v) is 9.81. The molecule has 0 bridgehead atoms. The molecule has 8 heterocycles. The summed E-state index contributed by atoms with van der Waals surface area (Å²) in [5.41, 5.74) is 26.4. The van der Waals surface area contributed by atoms with Crippen LogP contribution in [0.4, 0.5) is 17.1 Å². The molecule has 0 amide bonds. The van der Waals surface area contributed by atoms with Crippen molar-refractivity contribution in [2.45, 2.75) is 27.7 Å². The van der Waals surface area contributed by atoms with E-state index >= 15 is 0 Å². The summed E-state index contributed by atoms with van der Waals surface area (Å²) in [4.78, 5) is 31.5. The highest BCUT2D eigenvalue weighted by Crippen LogP contribution is 2.31. The highest BCUT2D eigenvalue weighted by atomic mass is 127. The molecule has 59 heavy (non-hydrogen) atoms. The van der Waals surface area contributed by atoms with Crippen LogP contribution in [-0.2, 0) is 0 Å². The Kier molecular flexibility index (Phi) is 17.7. The van der Waals surface area contributed by atoms with Gasteiger partial charge in [0.25, 0.3) is 0 Å². The van der Waals surface area contributed by atoms with Gasteiger partial charge in [-0.1, -0.05) is 64.1 Å². The first-order valence-corrected chi connectivity index (χ1v) is 20.1. The quantitative estimate of drug-likeness (QED) is 0.0542. The summed E-state index contributed by atoms with van der Waals surface area (Å²) in [6.07, 6.45) is 7.01. The second kappa shape index (κ2) is 22.1. The summed E-state index contributed by atoms with van der Waals surface area (Å²) in [6.45, 7) is 7.68. The number of aryl methyl sites for hydroxylation is 4. The summed E-state index contributed by atoms with van der Waals surface area (Å²) >= 11 is 30.7. The first-order chi connectivity index (χ1) is 27.9. The Morgan fingerprint density at radius 2 is 1.14 bits per heavy atom. The van der Waals surface area contributed by atoms with E-state index in [9.17, 15) is 0 Å². The van der Waals surface area contributed by atoms with Gasteiger partial charge in [0.2, 0.25) is 0 Å². The lowest BCUT2D eigenvalue weighted by molar-refractivity contribution is 0.425. The van der Waals surface area contributed by atoms with Gasteiger partial charge in [-0.2, -0.15) is 0 Å². The summed E-state index contributed by atoms with van der Waals surface area (Å²) < 4.78 is 1.01. The normalized spacial score (nSPS) is 10.2. The summed E-state index contributed by atoms with van der Waals surface area (Å²) in [7, 11) is -1.60. The highest BCUT2D eigenvalue weighted by Gasteiger charge is 2.16. The fourth-order valence-corrected chi connectivity index (χ4v) is 6.25. The van der Waals surface area contributed by atoms with Crippen molar-refractivity contribution in [3.63, 3.8) is 0 Å². The lowest BCUT2D eigenvalue weighted by atomic mass is 9.82. The molecule has 0 unspecified atom stereocenters. The number of nitrogens with one attached hydrogen (secondary N) is 1. The maximum absolute atomic E-state index is 8.68. The molecular formula is C39H36BCl5IN11O2. The van der Waals surface area contributed by atoms with Gasteiger partial charge in [0.1, 0.15) is 31.4 Å². The van der Waals surface area contributed by atoms with E-state index in [2.05, 4.69) is 62.5 Å². The number of halogens is 6. The van der Waals surface area contributed by atoms with Gasteiger partial charge < -0.3 is 32.2 Å². The van der Waals surface area contributed by atoms with Crippen LogP contribution in [0, 0.1) is 31.3 Å². The highest BCUT2D eigenvalue weighted by molar-refractivity contribution is 14.1. The molecule has 0 spiro atoms. The summed E-state index contributed by atoms with van der Waals surface area (Å²) in [5, 5.41) is 20.9. The molecule has 0 aliphatic rings. The van der Waals surface area contributed by atoms with Crippen LogP contribution in [-0.4, -0.2) is 57.0 Å². The van der Waals surface area contributed by atoms with Gasteiger partial charge in [-0.05, 0) is 111 Å². The Bertz CT molecular complexity index is 2570. The van der Waals surface area contributed by atoms with Crippen LogP contribution in [0.25, 0.3) is 33.1 Å². The van der Waals surface area contributed by atoms with Crippen molar-refractivity contribution in [1.82, 2.24) is 39.9 Å². The minimum Gasteiger partial charge on any atom is -0.423 e. The Labute approximate surface area is 379 Å². The van der Waals surface area contributed by atoms with Crippen LogP contribution in [0.15, 0.2) is 91.5 Å². The van der Waals surface area contributed by atoms with Crippen LogP contribution < -0.4 is 22.7 Å². The van der Waals surface area contributed by atoms with Crippen molar-refractivity contribution < 1.29 is 10.0 Å². The van der Waals surface area contributed by atoms with Crippen molar-refractivity contribution in [3.8, 4) is 11.1 Å². The van der Waals surface area contributed by atoms with E-state index < -0.39 is 7.12 Å². The van der Waals surface area contributed by atoms with Gasteiger partial charge >= 0.3 is 7.12 Å². The number of hydrogen-bond donors (Lipinski definition) is 6. The molecule has 20 heteroatoms. The summed E-state index contributed by atoms with van der Waals surface area (Å²) in [5.74, 6) is 0. The number of anilines is 3. The lowest BCUT2D eigenvalue weighted by Crippen LogP contribution is -2.31. The van der Waals surface area contributed by atoms with E-state index in [1.807, 2.05) is 58.2 Å². The fourth-order valence-electron chi connectivity index (χ4n) is 4.92. The molecule has 8 aromatic heterocycles. The van der Waals surface area contributed by atoms with Crippen molar-refractivity contribution in [3.05, 3.63) is 144 Å². The molecule has 0 saturated heterocycles. The van der Waals surface area contributed by atoms with Gasteiger partial charge in [-0.15, -0.1) is 0 Å². The van der Waals surface area contributed by atoms with Crippen LogP contribution in [0.3, 0.4) is 0 Å². The molecular weight excluding hydrogens is 969 g/mol. The largest absolute Gasteiger partial charge is 0.491 e. The van der Waals surface area contributed by atoms with Crippen LogP contribution in [0.5, 0.6) is 0 Å². The topological polar surface area (TPSA) is 225 Å². The van der Waals surface area contributed by atoms with E-state index in [1.165, 1.54) is 12.1 Å². The molecule has 304 valence electrons. The first-order valence-electron chi connectivity index (χ1n) is 17.1. The smallest absolute Gasteiger partial charge is 0.423 e. The number of nitrogen functional groups attached to an aromatic ring is 3. The zero-order valence-corrected chi connectivity index (χ0v) is 37.7. The number of fused-ring (bicyclic) bond motifs is 3. The van der Waals surface area contributed by atoms with E-state index in [0.717, 1.165) is 70.8 Å². The average Bonchev–Trinajstić information content (AvgIpc) is 3.51. The van der Waals surface area contributed by atoms with Crippen molar-refractivity contribution in [2.24, 2.45) is 0 Å². The molecule has 0 atom stereocenters. The Morgan fingerprint density at radius 1 is 0.576 bits per heavy atom. The zero-order valence-electron chi connectivity index (χ0n) is 31.8. The maximum atomic E-state index is 8.68. The zero-order chi connectivity index (χ0) is 43.4. The number of hydrogen-bond acceptors (Lipinski definition) is 12. The molecule has 0 aliphatic carbocycles. The van der Waals surface area contributed by atoms with E-state index in [-0.39, 0.29) is 15.8 Å². The fraction of sp³-hybridized carbons (Fsp3) is 0.103. The average molecular weight is 1010 g/mol. The third kappa shape index (κ3) is 14.3. The Morgan fingerprint density at radius 3 is 1.69 bits per heavy atom. The number of pyridine rings is 7. The predicted molar refractivity (Wildman–Crippen MR) is 251 cm³/mol.